The summed E-state index contributed by atoms with van der Waals surface area (Å²) in [5.74, 6) is -2.42. The van der Waals surface area contributed by atoms with Gasteiger partial charge in [0.05, 0.1) is 12.4 Å². The molecule has 0 saturated heterocycles. The summed E-state index contributed by atoms with van der Waals surface area (Å²) in [5.41, 5.74) is -1.43. The first-order valence-electron chi connectivity index (χ1n) is 10.2. The molecule has 0 bridgehead atoms. The highest BCUT2D eigenvalue weighted by Gasteiger charge is 2.52. The highest BCUT2D eigenvalue weighted by molar-refractivity contribution is 7.85. The Morgan fingerprint density at radius 1 is 0.968 bits per heavy atom. The molecule has 2 unspecified atom stereocenters. The van der Waals surface area contributed by atoms with E-state index in [0.717, 1.165) is 12.2 Å². The van der Waals surface area contributed by atoms with Gasteiger partial charge in [0, 0.05) is 12.2 Å². The van der Waals surface area contributed by atoms with Gasteiger partial charge in [-0.25, -0.2) is 9.59 Å². The van der Waals surface area contributed by atoms with Crippen molar-refractivity contribution in [2.75, 3.05) is 12.4 Å². The first-order chi connectivity index (χ1) is 14.4. The third-order valence-corrected chi connectivity index (χ3v) is 5.75. The zero-order valence-corrected chi connectivity index (χ0v) is 19.3. The minimum Gasteiger partial charge on any atom is -0.465 e. The van der Waals surface area contributed by atoms with Crippen LogP contribution in [0.25, 0.3) is 0 Å². The third-order valence-electron chi connectivity index (χ3n) is 4.94. The fourth-order valence-corrected chi connectivity index (χ4v) is 3.85. The van der Waals surface area contributed by atoms with E-state index in [9.17, 15) is 22.8 Å². The van der Waals surface area contributed by atoms with E-state index in [4.69, 9.17) is 18.8 Å². The summed E-state index contributed by atoms with van der Waals surface area (Å²) in [4.78, 5) is 36.6. The predicted octanol–water partition coefficient (Wildman–Crippen LogP) is 3.00. The Labute approximate surface area is 184 Å². The van der Waals surface area contributed by atoms with Crippen molar-refractivity contribution in [1.29, 1.82) is 0 Å². The lowest BCUT2D eigenvalue weighted by Gasteiger charge is -2.39. The van der Waals surface area contributed by atoms with Crippen LogP contribution in [0.2, 0.25) is 0 Å². The molecule has 10 heteroatoms. The number of ether oxygens (including phenoxy) is 3. The lowest BCUT2D eigenvalue weighted by Crippen LogP contribution is -2.53. The molecule has 9 nitrogen and oxygen atoms in total. The molecule has 0 heterocycles. The first kappa shape index (κ1) is 28.8. The average molecular weight is 463 g/mol. The summed E-state index contributed by atoms with van der Waals surface area (Å²) in [7, 11) is -3.98. The van der Waals surface area contributed by atoms with Gasteiger partial charge >= 0.3 is 17.9 Å². The summed E-state index contributed by atoms with van der Waals surface area (Å²) in [6, 6.07) is 0. The zero-order valence-electron chi connectivity index (χ0n) is 18.5. The zero-order chi connectivity index (χ0) is 24.1. The molecule has 178 valence electrons. The molecule has 0 spiro atoms. The monoisotopic (exact) mass is 462 g/mol. The van der Waals surface area contributed by atoms with Gasteiger partial charge in [-0.05, 0) is 33.1 Å². The molecule has 0 aliphatic rings. The maximum Gasteiger partial charge on any atom is 0.330 e. The Balaban J connectivity index is 5.28. The van der Waals surface area contributed by atoms with Gasteiger partial charge in [-0.15, -0.1) is 0 Å². The number of carbonyl (C=O) groups is 3. The second kappa shape index (κ2) is 14.0. The molecule has 2 atom stereocenters. The maximum atomic E-state index is 13.1. The Morgan fingerprint density at radius 2 is 1.45 bits per heavy atom. The van der Waals surface area contributed by atoms with Crippen molar-refractivity contribution in [2.45, 2.75) is 71.5 Å². The van der Waals surface area contributed by atoms with Crippen molar-refractivity contribution >= 4 is 28.0 Å². The molecule has 0 saturated carbocycles. The second-order valence-electron chi connectivity index (χ2n) is 7.19. The standard InChI is InChI=1S/C21H34O9S/c1-6-13-21(16(4)29-18(22)7-2,17(5)30-19(23)8-3)20(24)28-14-11-9-10-12-15-31(25,26)27/h7-8,16-17H,2-3,6,9-15H2,1,4-5H3,(H,25,26,27). The Morgan fingerprint density at radius 3 is 1.87 bits per heavy atom. The van der Waals surface area contributed by atoms with E-state index < -0.39 is 45.6 Å². The molecule has 0 aromatic rings. The number of esters is 3. The minimum absolute atomic E-state index is 0.0560. The van der Waals surface area contributed by atoms with Gasteiger partial charge in [-0.1, -0.05) is 39.3 Å². The molecule has 0 aromatic heterocycles. The van der Waals surface area contributed by atoms with Crippen molar-refractivity contribution < 1.29 is 41.6 Å². The third kappa shape index (κ3) is 10.1. The van der Waals surface area contributed by atoms with Crippen LogP contribution in [0.5, 0.6) is 0 Å². The lowest BCUT2D eigenvalue weighted by molar-refractivity contribution is -0.187. The van der Waals surface area contributed by atoms with Gasteiger partial charge in [-0.2, -0.15) is 8.42 Å². The molecule has 0 amide bonds. The van der Waals surface area contributed by atoms with Crippen LogP contribution in [-0.4, -0.2) is 55.4 Å². The minimum atomic E-state index is -3.98. The molecule has 31 heavy (non-hydrogen) atoms. The van der Waals surface area contributed by atoms with E-state index in [2.05, 4.69) is 13.2 Å². The van der Waals surface area contributed by atoms with E-state index >= 15 is 0 Å². The van der Waals surface area contributed by atoms with E-state index in [-0.39, 0.29) is 18.8 Å². The van der Waals surface area contributed by atoms with Crippen LogP contribution in [0.1, 0.15) is 59.3 Å². The van der Waals surface area contributed by atoms with Gasteiger partial charge in [0.15, 0.2) is 0 Å². The summed E-state index contributed by atoms with van der Waals surface area (Å²) in [6.07, 6.45) is 2.69. The molecular weight excluding hydrogens is 428 g/mol. The van der Waals surface area contributed by atoms with E-state index in [1.807, 2.05) is 6.92 Å². The van der Waals surface area contributed by atoms with E-state index in [0.29, 0.717) is 32.1 Å². The largest absolute Gasteiger partial charge is 0.465 e. The highest BCUT2D eigenvalue weighted by Crippen LogP contribution is 2.38. The van der Waals surface area contributed by atoms with Gasteiger partial charge in [-0.3, -0.25) is 9.35 Å². The van der Waals surface area contributed by atoms with Gasteiger partial charge in [0.25, 0.3) is 10.1 Å². The number of hydrogen-bond acceptors (Lipinski definition) is 8. The topological polar surface area (TPSA) is 133 Å². The summed E-state index contributed by atoms with van der Waals surface area (Å²) < 4.78 is 46.2. The van der Waals surface area contributed by atoms with Crippen LogP contribution in [0, 0.1) is 5.41 Å². The molecule has 0 rings (SSSR count). The fourth-order valence-electron chi connectivity index (χ4n) is 3.28. The van der Waals surface area contributed by atoms with E-state index in [1.54, 1.807) is 0 Å². The quantitative estimate of drug-likeness (QED) is 0.121. The van der Waals surface area contributed by atoms with Crippen LogP contribution in [0.4, 0.5) is 0 Å². The van der Waals surface area contributed by atoms with Crippen molar-refractivity contribution in [3.05, 3.63) is 25.3 Å². The van der Waals surface area contributed by atoms with Crippen molar-refractivity contribution in [1.82, 2.24) is 0 Å². The molecule has 0 radical (unpaired) electrons. The van der Waals surface area contributed by atoms with Crippen molar-refractivity contribution in [2.24, 2.45) is 5.41 Å². The van der Waals surface area contributed by atoms with Gasteiger partial charge < -0.3 is 14.2 Å². The molecule has 1 N–H and O–H groups in total. The molecule has 0 aliphatic carbocycles. The predicted molar refractivity (Wildman–Crippen MR) is 115 cm³/mol. The summed E-state index contributed by atoms with van der Waals surface area (Å²) >= 11 is 0. The van der Waals surface area contributed by atoms with E-state index in [1.165, 1.54) is 13.8 Å². The normalized spacial score (nSPS) is 15.1. The Hall–Kier alpha value is -2.20. The fraction of sp³-hybridized carbons (Fsp3) is 0.667. The van der Waals surface area contributed by atoms with Crippen LogP contribution >= 0.6 is 0 Å². The number of unbranched alkanes of at least 4 members (excludes halogenated alkanes) is 3. The number of carbonyl (C=O) groups excluding carboxylic acids is 3. The van der Waals surface area contributed by atoms with Crippen LogP contribution in [-0.2, 0) is 38.7 Å². The van der Waals surface area contributed by atoms with Gasteiger partial charge in [0.2, 0.25) is 0 Å². The smallest absolute Gasteiger partial charge is 0.330 e. The van der Waals surface area contributed by atoms with Crippen LogP contribution in [0.3, 0.4) is 0 Å². The lowest BCUT2D eigenvalue weighted by atomic mass is 9.74. The molecule has 0 fully saturated rings. The Bertz CT molecular complexity index is 699. The first-order valence-corrected chi connectivity index (χ1v) is 11.8. The van der Waals surface area contributed by atoms with Gasteiger partial charge in [0.1, 0.15) is 17.6 Å². The SMILES string of the molecule is C=CC(=O)OC(C)C(CCC)(C(=O)OCCCCCCS(=O)(=O)O)C(C)OC(=O)C=C. The summed E-state index contributed by atoms with van der Waals surface area (Å²) in [6.45, 7) is 11.7. The van der Waals surface area contributed by atoms with Crippen molar-refractivity contribution in [3.63, 3.8) is 0 Å². The molecular formula is C21H34O9S. The van der Waals surface area contributed by atoms with Crippen LogP contribution < -0.4 is 0 Å². The molecule has 0 aliphatic heterocycles. The molecule has 0 aromatic carbocycles. The Kier molecular flexibility index (Phi) is 13.0. The van der Waals surface area contributed by atoms with Crippen LogP contribution in [0.15, 0.2) is 25.3 Å². The summed E-state index contributed by atoms with van der Waals surface area (Å²) in [5, 5.41) is 0. The number of rotatable bonds is 16. The average Bonchev–Trinajstić information content (AvgIpc) is 2.69. The highest BCUT2D eigenvalue weighted by atomic mass is 32.2. The second-order valence-corrected chi connectivity index (χ2v) is 8.77. The maximum absolute atomic E-state index is 13.1. The number of hydrogen-bond donors (Lipinski definition) is 1. The van der Waals surface area contributed by atoms with Crippen molar-refractivity contribution in [3.8, 4) is 0 Å².